The summed E-state index contributed by atoms with van der Waals surface area (Å²) < 4.78 is 34.3. The number of hydrogen-bond donors (Lipinski definition) is 2. The Balaban J connectivity index is 1.85. The Morgan fingerprint density at radius 3 is 2.50 bits per heavy atom. The third-order valence-electron chi connectivity index (χ3n) is 4.84. The maximum absolute atomic E-state index is 13.1. The summed E-state index contributed by atoms with van der Waals surface area (Å²) in [4.78, 5) is 12.9. The second-order valence-corrected chi connectivity index (χ2v) is 9.14. The number of ether oxygens (including phenoxy) is 1. The minimum atomic E-state index is -3.89. The fourth-order valence-electron chi connectivity index (χ4n) is 3.10. The summed E-state index contributed by atoms with van der Waals surface area (Å²) in [7, 11) is -3.89. The average molecular weight is 451 g/mol. The quantitative estimate of drug-likeness (QED) is 0.460. The molecule has 7 heteroatoms. The van der Waals surface area contributed by atoms with E-state index in [1.807, 2.05) is 26.0 Å². The number of nitrogens with one attached hydrogen (secondary N) is 2. The molecule has 3 aromatic carbocycles. The van der Waals surface area contributed by atoms with E-state index < -0.39 is 15.9 Å². The summed E-state index contributed by atoms with van der Waals surface area (Å²) in [6.07, 6.45) is 1.63. The second-order valence-electron chi connectivity index (χ2n) is 7.49. The highest BCUT2D eigenvalue weighted by Gasteiger charge is 2.20. The third-order valence-corrected chi connectivity index (χ3v) is 6.34. The minimum Gasteiger partial charge on any atom is -0.489 e. The maximum Gasteiger partial charge on any atom is 0.262 e. The normalized spacial score (nSPS) is 11.0. The topological polar surface area (TPSA) is 84.5 Å². The van der Waals surface area contributed by atoms with Crippen LogP contribution in [0.25, 0.3) is 0 Å². The molecular weight excluding hydrogens is 424 g/mol. The van der Waals surface area contributed by atoms with E-state index in [9.17, 15) is 13.2 Å². The Morgan fingerprint density at radius 2 is 1.75 bits per heavy atom. The molecule has 0 aliphatic heterocycles. The predicted octanol–water partition coefficient (Wildman–Crippen LogP) is 5.23. The molecule has 0 aliphatic rings. The van der Waals surface area contributed by atoms with Crippen molar-refractivity contribution >= 4 is 27.3 Å². The maximum atomic E-state index is 13.1. The van der Waals surface area contributed by atoms with Crippen LogP contribution in [0.15, 0.2) is 78.2 Å². The van der Waals surface area contributed by atoms with Crippen molar-refractivity contribution in [1.29, 1.82) is 0 Å². The molecule has 2 N–H and O–H groups in total. The van der Waals surface area contributed by atoms with E-state index >= 15 is 0 Å². The number of benzene rings is 3. The van der Waals surface area contributed by atoms with Gasteiger partial charge in [-0.2, -0.15) is 0 Å². The van der Waals surface area contributed by atoms with Gasteiger partial charge in [0.05, 0.1) is 10.6 Å². The zero-order chi connectivity index (χ0) is 23.3. The fraction of sp³-hybridized carbons (Fsp3) is 0.160. The smallest absolute Gasteiger partial charge is 0.262 e. The van der Waals surface area contributed by atoms with Crippen molar-refractivity contribution < 1.29 is 17.9 Å². The number of amides is 1. The third kappa shape index (κ3) is 5.56. The van der Waals surface area contributed by atoms with Gasteiger partial charge in [-0.25, -0.2) is 8.42 Å². The zero-order valence-corrected chi connectivity index (χ0v) is 19.1. The van der Waals surface area contributed by atoms with Crippen LogP contribution in [0.2, 0.25) is 0 Å². The molecule has 1 amide bonds. The molecule has 3 aromatic rings. The van der Waals surface area contributed by atoms with Gasteiger partial charge in [-0.3, -0.25) is 9.52 Å². The van der Waals surface area contributed by atoms with Crippen LogP contribution < -0.4 is 14.8 Å². The van der Waals surface area contributed by atoms with Crippen LogP contribution >= 0.6 is 0 Å². The van der Waals surface area contributed by atoms with E-state index in [2.05, 4.69) is 16.6 Å². The Morgan fingerprint density at radius 1 is 1.00 bits per heavy atom. The first-order valence-electron chi connectivity index (χ1n) is 10.1. The molecule has 0 saturated heterocycles. The SMILES string of the molecule is C=CCOc1cccc(NC(=O)c2ccc(C)c(S(=O)(=O)Nc3cc(C)ccc3C)c2)c1. The predicted molar refractivity (Wildman–Crippen MR) is 128 cm³/mol. The van der Waals surface area contributed by atoms with Crippen molar-refractivity contribution in [2.24, 2.45) is 0 Å². The molecule has 0 atom stereocenters. The lowest BCUT2D eigenvalue weighted by atomic mass is 10.1. The van der Waals surface area contributed by atoms with Gasteiger partial charge in [0.2, 0.25) is 0 Å². The van der Waals surface area contributed by atoms with Crippen LogP contribution in [0.3, 0.4) is 0 Å². The number of sulfonamides is 1. The molecule has 6 nitrogen and oxygen atoms in total. The largest absolute Gasteiger partial charge is 0.489 e. The van der Waals surface area contributed by atoms with E-state index in [0.717, 1.165) is 11.1 Å². The molecule has 3 rings (SSSR count). The Hall–Kier alpha value is -3.58. The van der Waals surface area contributed by atoms with Gasteiger partial charge < -0.3 is 10.1 Å². The molecule has 0 fully saturated rings. The van der Waals surface area contributed by atoms with Crippen LogP contribution in [0, 0.1) is 20.8 Å². The zero-order valence-electron chi connectivity index (χ0n) is 18.3. The van der Waals surface area contributed by atoms with Crippen LogP contribution in [-0.2, 0) is 10.0 Å². The first kappa shape index (κ1) is 23.1. The molecule has 0 unspecified atom stereocenters. The molecule has 0 spiro atoms. The van der Waals surface area contributed by atoms with Crippen LogP contribution in [0.4, 0.5) is 11.4 Å². The van der Waals surface area contributed by atoms with E-state index in [1.54, 1.807) is 55.5 Å². The molecule has 0 aliphatic carbocycles. The van der Waals surface area contributed by atoms with Gasteiger partial charge >= 0.3 is 0 Å². The molecule has 0 bridgehead atoms. The molecule has 0 saturated carbocycles. The van der Waals surface area contributed by atoms with Crippen molar-refractivity contribution in [1.82, 2.24) is 0 Å². The number of anilines is 2. The molecular formula is C25H26N2O4S. The lowest BCUT2D eigenvalue weighted by molar-refractivity contribution is 0.102. The summed E-state index contributed by atoms with van der Waals surface area (Å²) >= 11 is 0. The highest BCUT2D eigenvalue weighted by molar-refractivity contribution is 7.92. The van der Waals surface area contributed by atoms with Gasteiger partial charge in [-0.15, -0.1) is 0 Å². The van der Waals surface area contributed by atoms with Crippen molar-refractivity contribution in [3.05, 3.63) is 95.6 Å². The van der Waals surface area contributed by atoms with Crippen LogP contribution in [0.5, 0.6) is 5.75 Å². The molecule has 0 aromatic heterocycles. The molecule has 166 valence electrons. The van der Waals surface area contributed by atoms with Crippen LogP contribution in [-0.4, -0.2) is 20.9 Å². The number of aryl methyl sites for hydroxylation is 3. The standard InChI is InChI=1S/C25H26N2O4S/c1-5-13-31-22-8-6-7-21(16-22)26-25(28)20-12-11-19(4)24(15-20)32(29,30)27-23-14-17(2)9-10-18(23)3/h5-12,14-16,27H,1,13H2,2-4H3,(H,26,28). The summed E-state index contributed by atoms with van der Waals surface area (Å²) in [5, 5.41) is 2.78. The Kier molecular flexibility index (Phi) is 7.00. The van der Waals surface area contributed by atoms with Crippen molar-refractivity contribution in [2.45, 2.75) is 25.7 Å². The Bertz CT molecular complexity index is 1270. The summed E-state index contributed by atoms with van der Waals surface area (Å²) in [6, 6.07) is 17.1. The average Bonchev–Trinajstić information content (AvgIpc) is 2.75. The minimum absolute atomic E-state index is 0.0501. The fourth-order valence-corrected chi connectivity index (χ4v) is 4.49. The van der Waals surface area contributed by atoms with Gasteiger partial charge in [-0.05, 0) is 67.8 Å². The monoisotopic (exact) mass is 450 g/mol. The van der Waals surface area contributed by atoms with Gasteiger partial charge in [0.1, 0.15) is 12.4 Å². The van der Waals surface area contributed by atoms with Crippen LogP contribution in [0.1, 0.15) is 27.0 Å². The van der Waals surface area contributed by atoms with Gasteiger partial charge in [-0.1, -0.05) is 36.9 Å². The highest BCUT2D eigenvalue weighted by atomic mass is 32.2. The first-order valence-corrected chi connectivity index (χ1v) is 11.5. The lowest BCUT2D eigenvalue weighted by Crippen LogP contribution is -2.17. The number of carbonyl (C=O) groups is 1. The molecule has 0 radical (unpaired) electrons. The van der Waals surface area contributed by atoms with E-state index in [4.69, 9.17) is 4.74 Å². The summed E-state index contributed by atoms with van der Waals surface area (Å²) in [6.45, 7) is 9.38. The number of rotatable bonds is 8. The van der Waals surface area contributed by atoms with E-state index in [-0.39, 0.29) is 10.5 Å². The molecule has 32 heavy (non-hydrogen) atoms. The van der Waals surface area contributed by atoms with E-state index in [0.29, 0.717) is 29.3 Å². The molecule has 0 heterocycles. The number of hydrogen-bond acceptors (Lipinski definition) is 4. The van der Waals surface area contributed by atoms with Crippen molar-refractivity contribution in [2.75, 3.05) is 16.6 Å². The summed E-state index contributed by atoms with van der Waals surface area (Å²) in [5.74, 6) is 0.168. The van der Waals surface area contributed by atoms with Gasteiger partial charge in [0.15, 0.2) is 0 Å². The Labute approximate surface area is 189 Å². The van der Waals surface area contributed by atoms with Gasteiger partial charge in [0.25, 0.3) is 15.9 Å². The van der Waals surface area contributed by atoms with Crippen molar-refractivity contribution in [3.63, 3.8) is 0 Å². The highest BCUT2D eigenvalue weighted by Crippen LogP contribution is 2.25. The van der Waals surface area contributed by atoms with E-state index in [1.165, 1.54) is 6.07 Å². The van der Waals surface area contributed by atoms with Crippen molar-refractivity contribution in [3.8, 4) is 5.75 Å². The summed E-state index contributed by atoms with van der Waals surface area (Å²) in [5.41, 5.74) is 3.57. The lowest BCUT2D eigenvalue weighted by Gasteiger charge is -2.14. The van der Waals surface area contributed by atoms with Gasteiger partial charge in [0, 0.05) is 17.3 Å². The first-order chi connectivity index (χ1) is 15.2. The number of carbonyl (C=O) groups excluding carboxylic acids is 1. The second kappa shape index (κ2) is 9.70.